The summed E-state index contributed by atoms with van der Waals surface area (Å²) in [6.45, 7) is 1.94. The molecule has 0 saturated carbocycles. The van der Waals surface area contributed by atoms with Crippen LogP contribution in [0.15, 0.2) is 24.3 Å². The highest BCUT2D eigenvalue weighted by atomic mass is 35.5. The van der Waals surface area contributed by atoms with Crippen LogP contribution >= 0.6 is 11.6 Å². The Labute approximate surface area is 103 Å². The summed E-state index contributed by atoms with van der Waals surface area (Å²) in [5.41, 5.74) is 6.94. The third kappa shape index (κ3) is 2.53. The Morgan fingerprint density at radius 1 is 1.29 bits per heavy atom. The second kappa shape index (κ2) is 4.67. The van der Waals surface area contributed by atoms with Crippen molar-refractivity contribution in [2.75, 3.05) is 5.73 Å². The van der Waals surface area contributed by atoms with Crippen molar-refractivity contribution in [3.8, 4) is 11.3 Å². The molecule has 0 amide bonds. The lowest BCUT2D eigenvalue weighted by molar-refractivity contribution is 0.628. The molecule has 2 aromatic rings. The van der Waals surface area contributed by atoms with E-state index in [9.17, 15) is 4.39 Å². The molecule has 0 bridgehead atoms. The van der Waals surface area contributed by atoms with Crippen LogP contribution in [0.1, 0.15) is 12.7 Å². The van der Waals surface area contributed by atoms with Gasteiger partial charge in [0.2, 0.25) is 0 Å². The van der Waals surface area contributed by atoms with E-state index in [1.807, 2.05) is 6.92 Å². The van der Waals surface area contributed by atoms with Gasteiger partial charge in [0.15, 0.2) is 0 Å². The minimum atomic E-state index is -0.378. The van der Waals surface area contributed by atoms with E-state index in [-0.39, 0.29) is 5.82 Å². The molecule has 0 radical (unpaired) electrons. The molecule has 0 saturated heterocycles. The Balaban J connectivity index is 2.55. The summed E-state index contributed by atoms with van der Waals surface area (Å²) in [4.78, 5) is 8.39. The molecule has 2 N–H and O–H groups in total. The first kappa shape index (κ1) is 11.8. The van der Waals surface area contributed by atoms with Gasteiger partial charge in [0.1, 0.15) is 17.5 Å². The number of nitrogens with two attached hydrogens (primary N) is 1. The fourth-order valence-corrected chi connectivity index (χ4v) is 1.78. The quantitative estimate of drug-likeness (QED) is 0.892. The molecule has 1 heterocycles. The van der Waals surface area contributed by atoms with E-state index < -0.39 is 0 Å². The maximum absolute atomic E-state index is 12.9. The van der Waals surface area contributed by atoms with E-state index >= 15 is 0 Å². The predicted octanol–water partition coefficient (Wildman–Crippen LogP) is 3.08. The van der Waals surface area contributed by atoms with Gasteiger partial charge in [-0.3, -0.25) is 0 Å². The van der Waals surface area contributed by atoms with E-state index in [0.29, 0.717) is 34.3 Å². The standard InChI is InChI=1S/C12H11ClFN3/c1-2-12-16-10(6-11(15)17-12)8-4-3-7(14)5-9(8)13/h3-6H,2H2,1H3,(H2,15,16,17). The molecule has 5 heteroatoms. The summed E-state index contributed by atoms with van der Waals surface area (Å²) < 4.78 is 12.9. The van der Waals surface area contributed by atoms with E-state index in [1.165, 1.54) is 12.1 Å². The highest BCUT2D eigenvalue weighted by Crippen LogP contribution is 2.27. The first-order valence-corrected chi connectivity index (χ1v) is 5.57. The summed E-state index contributed by atoms with van der Waals surface area (Å²) in [6, 6.07) is 5.79. The summed E-state index contributed by atoms with van der Waals surface area (Å²) >= 11 is 5.97. The van der Waals surface area contributed by atoms with Crippen molar-refractivity contribution in [3.63, 3.8) is 0 Å². The molecule has 3 nitrogen and oxygen atoms in total. The number of aryl methyl sites for hydroxylation is 1. The van der Waals surface area contributed by atoms with E-state index in [4.69, 9.17) is 17.3 Å². The van der Waals surface area contributed by atoms with Crippen LogP contribution in [0.2, 0.25) is 5.02 Å². The molecule has 0 aliphatic heterocycles. The molecule has 17 heavy (non-hydrogen) atoms. The first-order valence-electron chi connectivity index (χ1n) is 5.19. The average molecular weight is 252 g/mol. The smallest absolute Gasteiger partial charge is 0.131 e. The summed E-state index contributed by atoms with van der Waals surface area (Å²) in [5.74, 6) is 0.643. The minimum absolute atomic E-state index is 0.310. The van der Waals surface area contributed by atoms with Crippen molar-refractivity contribution in [2.24, 2.45) is 0 Å². The van der Waals surface area contributed by atoms with Gasteiger partial charge in [0.05, 0.1) is 10.7 Å². The topological polar surface area (TPSA) is 51.8 Å². The minimum Gasteiger partial charge on any atom is -0.384 e. The normalized spacial score (nSPS) is 10.5. The molecule has 0 unspecified atom stereocenters. The molecular formula is C12H11ClFN3. The van der Waals surface area contributed by atoms with Crippen LogP contribution in [-0.4, -0.2) is 9.97 Å². The SMILES string of the molecule is CCc1nc(N)cc(-c2ccc(F)cc2Cl)n1. The van der Waals surface area contributed by atoms with Gasteiger partial charge in [0, 0.05) is 18.1 Å². The molecule has 0 atom stereocenters. The number of benzene rings is 1. The Kier molecular flexibility index (Phi) is 3.24. The van der Waals surface area contributed by atoms with Crippen molar-refractivity contribution in [1.82, 2.24) is 9.97 Å². The molecule has 0 aliphatic rings. The first-order chi connectivity index (χ1) is 8.10. The number of rotatable bonds is 2. The average Bonchev–Trinajstić information content (AvgIpc) is 2.28. The molecular weight excluding hydrogens is 241 g/mol. The zero-order chi connectivity index (χ0) is 12.4. The Hall–Kier alpha value is -1.68. The lowest BCUT2D eigenvalue weighted by Gasteiger charge is -2.06. The summed E-state index contributed by atoms with van der Waals surface area (Å²) in [5, 5.41) is 0.310. The third-order valence-corrected chi connectivity index (χ3v) is 2.63. The Morgan fingerprint density at radius 3 is 2.71 bits per heavy atom. The molecule has 0 fully saturated rings. The zero-order valence-electron chi connectivity index (χ0n) is 9.24. The van der Waals surface area contributed by atoms with Crippen LogP contribution in [0.25, 0.3) is 11.3 Å². The van der Waals surface area contributed by atoms with Crippen LogP contribution in [0.4, 0.5) is 10.2 Å². The van der Waals surface area contributed by atoms with Gasteiger partial charge in [-0.15, -0.1) is 0 Å². The van der Waals surface area contributed by atoms with Crippen LogP contribution in [0, 0.1) is 5.82 Å². The van der Waals surface area contributed by atoms with Crippen LogP contribution in [0.3, 0.4) is 0 Å². The van der Waals surface area contributed by atoms with Gasteiger partial charge in [-0.25, -0.2) is 14.4 Å². The van der Waals surface area contributed by atoms with Crippen molar-refractivity contribution in [1.29, 1.82) is 0 Å². The lowest BCUT2D eigenvalue weighted by Crippen LogP contribution is -2.00. The molecule has 1 aromatic heterocycles. The van der Waals surface area contributed by atoms with Crippen molar-refractivity contribution < 1.29 is 4.39 Å². The van der Waals surface area contributed by atoms with Crippen molar-refractivity contribution >= 4 is 17.4 Å². The number of aromatic nitrogens is 2. The maximum Gasteiger partial charge on any atom is 0.131 e. The third-order valence-electron chi connectivity index (χ3n) is 2.32. The highest BCUT2D eigenvalue weighted by molar-refractivity contribution is 6.33. The number of hydrogen-bond acceptors (Lipinski definition) is 3. The molecule has 2 rings (SSSR count). The van der Waals surface area contributed by atoms with E-state index in [1.54, 1.807) is 12.1 Å². The van der Waals surface area contributed by atoms with Crippen molar-refractivity contribution in [2.45, 2.75) is 13.3 Å². The number of anilines is 1. The van der Waals surface area contributed by atoms with Gasteiger partial charge < -0.3 is 5.73 Å². The van der Waals surface area contributed by atoms with Crippen LogP contribution in [-0.2, 0) is 6.42 Å². The maximum atomic E-state index is 12.9. The molecule has 88 valence electrons. The van der Waals surface area contributed by atoms with Crippen LogP contribution in [0.5, 0.6) is 0 Å². The second-order valence-corrected chi connectivity index (χ2v) is 3.98. The second-order valence-electron chi connectivity index (χ2n) is 3.57. The molecule has 0 aliphatic carbocycles. The monoisotopic (exact) mass is 251 g/mol. The number of nitrogens with zero attached hydrogens (tertiary/aromatic N) is 2. The van der Waals surface area contributed by atoms with Crippen LogP contribution < -0.4 is 5.73 Å². The fraction of sp³-hybridized carbons (Fsp3) is 0.167. The van der Waals surface area contributed by atoms with Gasteiger partial charge in [-0.1, -0.05) is 18.5 Å². The largest absolute Gasteiger partial charge is 0.384 e. The Bertz CT molecular complexity index is 557. The molecule has 0 spiro atoms. The van der Waals surface area contributed by atoms with Gasteiger partial charge in [-0.2, -0.15) is 0 Å². The van der Waals surface area contributed by atoms with Gasteiger partial charge >= 0.3 is 0 Å². The van der Waals surface area contributed by atoms with Gasteiger partial charge in [-0.05, 0) is 18.2 Å². The summed E-state index contributed by atoms with van der Waals surface area (Å²) in [7, 11) is 0. The molecule has 1 aromatic carbocycles. The number of nitrogen functional groups attached to an aromatic ring is 1. The fourth-order valence-electron chi connectivity index (χ4n) is 1.51. The van der Waals surface area contributed by atoms with E-state index in [2.05, 4.69) is 9.97 Å². The van der Waals surface area contributed by atoms with Gasteiger partial charge in [0.25, 0.3) is 0 Å². The summed E-state index contributed by atoms with van der Waals surface area (Å²) in [6.07, 6.45) is 0.677. The lowest BCUT2D eigenvalue weighted by atomic mass is 10.1. The number of hydrogen-bond donors (Lipinski definition) is 1. The van der Waals surface area contributed by atoms with E-state index in [0.717, 1.165) is 0 Å². The Morgan fingerprint density at radius 2 is 2.06 bits per heavy atom. The predicted molar refractivity (Wildman–Crippen MR) is 66.2 cm³/mol. The zero-order valence-corrected chi connectivity index (χ0v) is 10.0. The number of halogens is 2. The van der Waals surface area contributed by atoms with Crippen molar-refractivity contribution in [3.05, 3.63) is 40.9 Å². The highest BCUT2D eigenvalue weighted by Gasteiger charge is 2.08.